The van der Waals surface area contributed by atoms with Gasteiger partial charge in [0.1, 0.15) is 11.6 Å². The maximum atomic E-state index is 13.4. The van der Waals surface area contributed by atoms with Crippen LogP contribution in [0.3, 0.4) is 0 Å². The summed E-state index contributed by atoms with van der Waals surface area (Å²) in [5.41, 5.74) is 1.97. The summed E-state index contributed by atoms with van der Waals surface area (Å²) in [5.74, 6) is 0.432. The van der Waals surface area contributed by atoms with Crippen LogP contribution < -0.4 is 10.1 Å². The van der Waals surface area contributed by atoms with Gasteiger partial charge in [-0.1, -0.05) is 12.1 Å². The van der Waals surface area contributed by atoms with Gasteiger partial charge >= 0.3 is 0 Å². The van der Waals surface area contributed by atoms with Gasteiger partial charge in [-0.25, -0.2) is 4.39 Å². The molecule has 5 heteroatoms. The smallest absolute Gasteiger partial charge is 0.126 e. The second-order valence-electron chi connectivity index (χ2n) is 6.21. The van der Waals surface area contributed by atoms with E-state index in [1.54, 1.807) is 12.3 Å². The minimum atomic E-state index is -0.280. The standard InChI is InChI=1S/C19H23FN2O2/c20-15-6-7-17-18(5-3-9-24-19(17)11-15)22-12-14(13-23)10-16-4-1-2-8-21-16/h1-2,4,6-8,11,14,18,22-23H,3,5,9-10,12-13H2/t14-,18+/m1/s1. The first kappa shape index (κ1) is 16.9. The van der Waals surface area contributed by atoms with E-state index < -0.39 is 0 Å². The predicted octanol–water partition coefficient (Wildman–Crippen LogP) is 2.88. The molecule has 2 N–H and O–H groups in total. The molecule has 24 heavy (non-hydrogen) atoms. The number of aliphatic hydroxyl groups excluding tert-OH is 1. The highest BCUT2D eigenvalue weighted by atomic mass is 19.1. The molecule has 1 aliphatic heterocycles. The Kier molecular flexibility index (Phi) is 5.77. The Morgan fingerprint density at radius 2 is 2.25 bits per heavy atom. The van der Waals surface area contributed by atoms with Gasteiger partial charge in [0, 0.05) is 42.7 Å². The van der Waals surface area contributed by atoms with Crippen molar-refractivity contribution in [3.05, 3.63) is 59.7 Å². The molecule has 0 saturated carbocycles. The van der Waals surface area contributed by atoms with Crippen molar-refractivity contribution in [1.82, 2.24) is 10.3 Å². The van der Waals surface area contributed by atoms with E-state index in [2.05, 4.69) is 10.3 Å². The van der Waals surface area contributed by atoms with E-state index in [0.717, 1.165) is 30.5 Å². The van der Waals surface area contributed by atoms with Gasteiger partial charge in [0.15, 0.2) is 0 Å². The van der Waals surface area contributed by atoms with E-state index in [1.807, 2.05) is 18.2 Å². The van der Waals surface area contributed by atoms with Crippen molar-refractivity contribution in [1.29, 1.82) is 0 Å². The van der Waals surface area contributed by atoms with Crippen molar-refractivity contribution in [2.24, 2.45) is 5.92 Å². The summed E-state index contributed by atoms with van der Waals surface area (Å²) < 4.78 is 19.1. The number of pyridine rings is 1. The molecule has 1 aromatic heterocycles. The fraction of sp³-hybridized carbons (Fsp3) is 0.421. The van der Waals surface area contributed by atoms with Crippen LogP contribution in [-0.2, 0) is 6.42 Å². The van der Waals surface area contributed by atoms with Gasteiger partial charge in [-0.15, -0.1) is 0 Å². The first-order valence-corrected chi connectivity index (χ1v) is 8.42. The molecule has 0 fully saturated rings. The lowest BCUT2D eigenvalue weighted by Crippen LogP contribution is -2.30. The normalized spacial score (nSPS) is 18.3. The minimum Gasteiger partial charge on any atom is -0.493 e. The Morgan fingerprint density at radius 3 is 3.04 bits per heavy atom. The number of aromatic nitrogens is 1. The quantitative estimate of drug-likeness (QED) is 0.855. The number of aliphatic hydroxyl groups is 1. The van der Waals surface area contributed by atoms with Crippen LogP contribution in [0.25, 0.3) is 0 Å². The van der Waals surface area contributed by atoms with Crippen molar-refractivity contribution in [2.45, 2.75) is 25.3 Å². The number of nitrogens with one attached hydrogen (secondary N) is 1. The molecule has 3 rings (SSSR count). The van der Waals surface area contributed by atoms with Crippen LogP contribution in [0.2, 0.25) is 0 Å². The largest absolute Gasteiger partial charge is 0.493 e. The Morgan fingerprint density at radius 1 is 1.33 bits per heavy atom. The molecule has 2 heterocycles. The maximum Gasteiger partial charge on any atom is 0.126 e. The molecule has 4 nitrogen and oxygen atoms in total. The average Bonchev–Trinajstić information content (AvgIpc) is 2.81. The second kappa shape index (κ2) is 8.22. The lowest BCUT2D eigenvalue weighted by Gasteiger charge is -2.22. The average molecular weight is 330 g/mol. The zero-order valence-corrected chi connectivity index (χ0v) is 13.6. The van der Waals surface area contributed by atoms with E-state index in [4.69, 9.17) is 4.74 Å². The van der Waals surface area contributed by atoms with E-state index in [1.165, 1.54) is 12.1 Å². The number of fused-ring (bicyclic) bond motifs is 1. The highest BCUT2D eigenvalue weighted by molar-refractivity contribution is 5.37. The molecule has 128 valence electrons. The maximum absolute atomic E-state index is 13.4. The molecule has 2 aromatic rings. The monoisotopic (exact) mass is 330 g/mol. The van der Waals surface area contributed by atoms with Crippen molar-refractivity contribution in [3.63, 3.8) is 0 Å². The van der Waals surface area contributed by atoms with Crippen molar-refractivity contribution in [3.8, 4) is 5.75 Å². The Hall–Kier alpha value is -1.98. The van der Waals surface area contributed by atoms with E-state index in [-0.39, 0.29) is 24.4 Å². The Bertz CT molecular complexity index is 651. The second-order valence-corrected chi connectivity index (χ2v) is 6.21. The fourth-order valence-corrected chi connectivity index (χ4v) is 3.08. The minimum absolute atomic E-state index is 0.0907. The fourth-order valence-electron chi connectivity index (χ4n) is 3.08. The molecule has 0 unspecified atom stereocenters. The molecule has 1 aromatic carbocycles. The summed E-state index contributed by atoms with van der Waals surface area (Å²) in [5, 5.41) is 13.2. The summed E-state index contributed by atoms with van der Waals surface area (Å²) in [6.45, 7) is 1.38. The number of hydrogen-bond acceptors (Lipinski definition) is 4. The highest BCUT2D eigenvalue weighted by Crippen LogP contribution is 2.32. The summed E-state index contributed by atoms with van der Waals surface area (Å²) in [6.07, 6.45) is 4.34. The van der Waals surface area contributed by atoms with E-state index in [9.17, 15) is 9.50 Å². The number of rotatable bonds is 6. The third kappa shape index (κ3) is 4.30. The van der Waals surface area contributed by atoms with E-state index in [0.29, 0.717) is 18.9 Å². The highest BCUT2D eigenvalue weighted by Gasteiger charge is 2.21. The number of ether oxygens (including phenoxy) is 1. The number of nitrogens with zero attached hydrogens (tertiary/aromatic N) is 1. The van der Waals surface area contributed by atoms with Gasteiger partial charge in [0.05, 0.1) is 6.61 Å². The zero-order chi connectivity index (χ0) is 16.8. The molecule has 0 saturated heterocycles. The van der Waals surface area contributed by atoms with Crippen molar-refractivity contribution < 1.29 is 14.2 Å². The molecule has 0 spiro atoms. The van der Waals surface area contributed by atoms with Crippen LogP contribution in [0.4, 0.5) is 4.39 Å². The van der Waals surface area contributed by atoms with Crippen LogP contribution in [0.5, 0.6) is 5.75 Å². The number of halogens is 1. The van der Waals surface area contributed by atoms with Crippen LogP contribution in [-0.4, -0.2) is 29.8 Å². The third-order valence-electron chi connectivity index (χ3n) is 4.38. The Balaban J connectivity index is 1.65. The molecule has 0 radical (unpaired) electrons. The van der Waals surface area contributed by atoms with E-state index >= 15 is 0 Å². The van der Waals surface area contributed by atoms with Crippen LogP contribution >= 0.6 is 0 Å². The van der Waals surface area contributed by atoms with Gasteiger partial charge < -0.3 is 15.2 Å². The lowest BCUT2D eigenvalue weighted by atomic mass is 9.99. The molecule has 1 aliphatic rings. The first-order valence-electron chi connectivity index (χ1n) is 8.42. The lowest BCUT2D eigenvalue weighted by molar-refractivity contribution is 0.216. The van der Waals surface area contributed by atoms with Crippen molar-refractivity contribution >= 4 is 0 Å². The molecule has 0 amide bonds. The van der Waals surface area contributed by atoms with Crippen LogP contribution in [0.1, 0.15) is 30.1 Å². The van der Waals surface area contributed by atoms with Gasteiger partial charge in [-0.05, 0) is 43.4 Å². The van der Waals surface area contributed by atoms with Gasteiger partial charge in [-0.2, -0.15) is 0 Å². The number of hydrogen-bond donors (Lipinski definition) is 2. The Labute approximate surface area is 141 Å². The zero-order valence-electron chi connectivity index (χ0n) is 13.6. The summed E-state index contributed by atoms with van der Waals surface area (Å²) >= 11 is 0. The summed E-state index contributed by atoms with van der Waals surface area (Å²) in [4.78, 5) is 4.32. The molecule has 0 aliphatic carbocycles. The number of benzene rings is 1. The summed E-state index contributed by atoms with van der Waals surface area (Å²) in [6, 6.07) is 10.6. The van der Waals surface area contributed by atoms with Gasteiger partial charge in [0.2, 0.25) is 0 Å². The topological polar surface area (TPSA) is 54.4 Å². The van der Waals surface area contributed by atoms with Crippen LogP contribution in [0, 0.1) is 11.7 Å². The van der Waals surface area contributed by atoms with Gasteiger partial charge in [-0.3, -0.25) is 4.98 Å². The SMILES string of the molecule is OC[C@@H](CN[C@H]1CCCOc2cc(F)ccc21)Cc1ccccn1. The van der Waals surface area contributed by atoms with Crippen LogP contribution in [0.15, 0.2) is 42.6 Å². The third-order valence-corrected chi connectivity index (χ3v) is 4.38. The van der Waals surface area contributed by atoms with Crippen molar-refractivity contribution in [2.75, 3.05) is 19.8 Å². The molecular formula is C19H23FN2O2. The molecule has 2 atom stereocenters. The van der Waals surface area contributed by atoms with Gasteiger partial charge in [0.25, 0.3) is 0 Å². The first-order chi connectivity index (χ1) is 11.8. The molecular weight excluding hydrogens is 307 g/mol. The molecule has 0 bridgehead atoms. The predicted molar refractivity (Wildman–Crippen MR) is 90.4 cm³/mol. The summed E-state index contributed by atoms with van der Waals surface area (Å²) in [7, 11) is 0.